The van der Waals surface area contributed by atoms with Crippen LogP contribution in [0.2, 0.25) is 0 Å². The lowest BCUT2D eigenvalue weighted by Gasteiger charge is -2.13. The van der Waals surface area contributed by atoms with Crippen molar-refractivity contribution in [1.29, 1.82) is 0 Å². The molecule has 0 saturated carbocycles. The molecule has 0 aliphatic heterocycles. The van der Waals surface area contributed by atoms with Gasteiger partial charge in [0.1, 0.15) is 5.82 Å². The minimum absolute atomic E-state index is 0.641. The molecule has 0 atom stereocenters. The Labute approximate surface area is 184 Å². The second kappa shape index (κ2) is 10.1. The Morgan fingerprint density at radius 3 is 2.39 bits per heavy atom. The normalized spacial score (nSPS) is 11.1. The van der Waals surface area contributed by atoms with Gasteiger partial charge in [-0.3, -0.25) is 0 Å². The molecule has 0 amide bonds. The lowest BCUT2D eigenvalue weighted by atomic mass is 10.0. The molecule has 4 aromatic rings. The highest BCUT2D eigenvalue weighted by Crippen LogP contribution is 2.20. The minimum Gasteiger partial charge on any atom is -0.366 e. The van der Waals surface area contributed by atoms with Crippen molar-refractivity contribution >= 4 is 22.5 Å². The van der Waals surface area contributed by atoms with Gasteiger partial charge in [0.25, 0.3) is 0 Å². The summed E-state index contributed by atoms with van der Waals surface area (Å²) in [7, 11) is 0. The predicted molar refractivity (Wildman–Crippen MR) is 130 cm³/mol. The molecule has 4 rings (SSSR count). The fourth-order valence-electron chi connectivity index (χ4n) is 3.64. The monoisotopic (exact) mass is 410 g/mol. The van der Waals surface area contributed by atoms with Crippen molar-refractivity contribution < 1.29 is 0 Å². The molecule has 158 valence electrons. The third kappa shape index (κ3) is 5.82. The molecule has 0 bridgehead atoms. The molecule has 0 saturated heterocycles. The van der Waals surface area contributed by atoms with Crippen LogP contribution >= 0.6 is 0 Å². The van der Waals surface area contributed by atoms with Crippen molar-refractivity contribution in [3.05, 3.63) is 95.7 Å². The zero-order chi connectivity index (χ0) is 21.5. The fraction of sp³-hybridized carbons (Fsp3) is 0.259. The Kier molecular flexibility index (Phi) is 6.78. The number of fused-ring (bicyclic) bond motifs is 1. The molecule has 3 aromatic carbocycles. The highest BCUT2D eigenvalue weighted by atomic mass is 15.1. The molecule has 0 radical (unpaired) electrons. The van der Waals surface area contributed by atoms with E-state index in [1.54, 1.807) is 0 Å². The summed E-state index contributed by atoms with van der Waals surface area (Å²) >= 11 is 0. The number of anilines is 2. The third-order valence-corrected chi connectivity index (χ3v) is 5.39. The summed E-state index contributed by atoms with van der Waals surface area (Å²) in [5.41, 5.74) is 3.54. The summed E-state index contributed by atoms with van der Waals surface area (Å²) in [4.78, 5) is 9.53. The van der Waals surface area contributed by atoms with Gasteiger partial charge in [-0.15, -0.1) is 0 Å². The van der Waals surface area contributed by atoms with Crippen molar-refractivity contribution in [2.75, 3.05) is 10.6 Å². The molecule has 2 N–H and O–H groups in total. The van der Waals surface area contributed by atoms with E-state index in [1.165, 1.54) is 21.9 Å². The molecule has 0 unspecified atom stereocenters. The lowest BCUT2D eigenvalue weighted by Crippen LogP contribution is -2.09. The number of aromatic nitrogens is 2. The van der Waals surface area contributed by atoms with E-state index in [0.29, 0.717) is 18.4 Å². The molecular weight excluding hydrogens is 380 g/mol. The van der Waals surface area contributed by atoms with Crippen LogP contribution < -0.4 is 10.6 Å². The molecule has 0 aliphatic carbocycles. The van der Waals surface area contributed by atoms with E-state index in [1.807, 2.05) is 6.07 Å². The second-order valence-electron chi connectivity index (χ2n) is 8.33. The van der Waals surface area contributed by atoms with Crippen LogP contribution in [0.15, 0.2) is 78.9 Å². The van der Waals surface area contributed by atoms with Crippen LogP contribution in [0.5, 0.6) is 0 Å². The minimum atomic E-state index is 0.641. The number of nitrogens with one attached hydrogen (secondary N) is 2. The van der Waals surface area contributed by atoms with Crippen molar-refractivity contribution in [3.8, 4) is 0 Å². The third-order valence-electron chi connectivity index (χ3n) is 5.39. The second-order valence-corrected chi connectivity index (χ2v) is 8.33. The number of aryl methyl sites for hydroxylation is 1. The maximum absolute atomic E-state index is 4.79. The van der Waals surface area contributed by atoms with Crippen LogP contribution in [0, 0.1) is 5.92 Å². The topological polar surface area (TPSA) is 49.8 Å². The summed E-state index contributed by atoms with van der Waals surface area (Å²) in [6.45, 7) is 5.92. The molecule has 0 fully saturated rings. The van der Waals surface area contributed by atoms with Gasteiger partial charge >= 0.3 is 0 Å². The Morgan fingerprint density at radius 1 is 0.774 bits per heavy atom. The van der Waals surface area contributed by atoms with Crippen LogP contribution in [-0.2, 0) is 19.5 Å². The Balaban J connectivity index is 1.52. The Bertz CT molecular complexity index is 1120. The average Bonchev–Trinajstić information content (AvgIpc) is 2.81. The van der Waals surface area contributed by atoms with Gasteiger partial charge < -0.3 is 10.6 Å². The van der Waals surface area contributed by atoms with Crippen LogP contribution in [0.4, 0.5) is 11.8 Å². The number of rotatable bonds is 9. The van der Waals surface area contributed by atoms with Crippen molar-refractivity contribution in [2.24, 2.45) is 5.92 Å². The summed E-state index contributed by atoms with van der Waals surface area (Å²) in [5, 5.41) is 9.43. The fourth-order valence-corrected chi connectivity index (χ4v) is 3.64. The molecule has 0 spiro atoms. The van der Waals surface area contributed by atoms with E-state index in [9.17, 15) is 0 Å². The van der Waals surface area contributed by atoms with Gasteiger partial charge in [0.2, 0.25) is 5.95 Å². The molecule has 0 aliphatic rings. The van der Waals surface area contributed by atoms with Gasteiger partial charge in [0.05, 0.1) is 0 Å². The molecule has 4 heteroatoms. The van der Waals surface area contributed by atoms with Gasteiger partial charge in [0, 0.05) is 24.8 Å². The zero-order valence-electron chi connectivity index (χ0n) is 18.3. The summed E-state index contributed by atoms with van der Waals surface area (Å²) < 4.78 is 0. The van der Waals surface area contributed by atoms with Gasteiger partial charge in [-0.2, -0.15) is 4.98 Å². The van der Waals surface area contributed by atoms with E-state index >= 15 is 0 Å². The lowest BCUT2D eigenvalue weighted by molar-refractivity contribution is 0.581. The van der Waals surface area contributed by atoms with Gasteiger partial charge in [-0.25, -0.2) is 4.98 Å². The van der Waals surface area contributed by atoms with Crippen molar-refractivity contribution in [1.82, 2.24) is 9.97 Å². The summed E-state index contributed by atoms with van der Waals surface area (Å²) in [6, 6.07) is 27.3. The van der Waals surface area contributed by atoms with Crippen LogP contribution in [0.3, 0.4) is 0 Å². The first-order valence-corrected chi connectivity index (χ1v) is 11.0. The number of hydrogen-bond acceptors (Lipinski definition) is 4. The smallest absolute Gasteiger partial charge is 0.225 e. The van der Waals surface area contributed by atoms with Gasteiger partial charge in [0.15, 0.2) is 0 Å². The maximum atomic E-state index is 4.79. The quantitative estimate of drug-likeness (QED) is 0.333. The average molecular weight is 411 g/mol. The predicted octanol–water partition coefficient (Wildman–Crippen LogP) is 6.44. The van der Waals surface area contributed by atoms with E-state index in [0.717, 1.165) is 30.9 Å². The van der Waals surface area contributed by atoms with Crippen LogP contribution in [0.1, 0.15) is 37.1 Å². The van der Waals surface area contributed by atoms with Crippen LogP contribution in [-0.4, -0.2) is 9.97 Å². The van der Waals surface area contributed by atoms with E-state index in [-0.39, 0.29) is 0 Å². The van der Waals surface area contributed by atoms with Crippen molar-refractivity contribution in [3.63, 3.8) is 0 Å². The van der Waals surface area contributed by atoms with Gasteiger partial charge in [-0.05, 0) is 40.7 Å². The van der Waals surface area contributed by atoms with E-state index < -0.39 is 0 Å². The number of hydrogen-bond donors (Lipinski definition) is 2. The summed E-state index contributed by atoms with van der Waals surface area (Å²) in [5.74, 6) is 2.17. The SMILES string of the molecule is CC(C)CCc1cc(NCc2ccccc2)nc(NCc2cccc3ccccc23)n1. The standard InChI is InChI=1S/C27H30N4/c1-20(2)15-16-24-17-26(28-18-21-9-4-3-5-10-21)31-27(30-24)29-19-23-13-8-12-22-11-6-7-14-25(22)23/h3-14,17,20H,15-16,18-19H2,1-2H3,(H2,28,29,30,31). The Morgan fingerprint density at radius 2 is 1.55 bits per heavy atom. The number of nitrogens with zero attached hydrogens (tertiary/aromatic N) is 2. The largest absolute Gasteiger partial charge is 0.366 e. The maximum Gasteiger partial charge on any atom is 0.225 e. The molecular formula is C27H30N4. The number of benzene rings is 3. The van der Waals surface area contributed by atoms with Crippen LogP contribution in [0.25, 0.3) is 10.8 Å². The zero-order valence-corrected chi connectivity index (χ0v) is 18.3. The summed E-state index contributed by atoms with van der Waals surface area (Å²) in [6.07, 6.45) is 2.06. The van der Waals surface area contributed by atoms with Crippen molar-refractivity contribution in [2.45, 2.75) is 39.8 Å². The molecule has 31 heavy (non-hydrogen) atoms. The first kappa shape index (κ1) is 20.9. The van der Waals surface area contributed by atoms with E-state index in [4.69, 9.17) is 9.97 Å². The molecule has 1 aromatic heterocycles. The Hall–Kier alpha value is -3.40. The molecule has 1 heterocycles. The highest BCUT2D eigenvalue weighted by Gasteiger charge is 2.08. The highest BCUT2D eigenvalue weighted by molar-refractivity contribution is 5.85. The van der Waals surface area contributed by atoms with E-state index in [2.05, 4.69) is 97.3 Å². The molecule has 4 nitrogen and oxygen atoms in total. The van der Waals surface area contributed by atoms with Gasteiger partial charge in [-0.1, -0.05) is 86.6 Å². The first-order chi connectivity index (χ1) is 15.2. The first-order valence-electron chi connectivity index (χ1n) is 11.0.